The summed E-state index contributed by atoms with van der Waals surface area (Å²) < 4.78 is 2.13. The Morgan fingerprint density at radius 2 is 1.81 bits per heavy atom. The van der Waals surface area contributed by atoms with Crippen LogP contribution in [0, 0.1) is 0 Å². The van der Waals surface area contributed by atoms with Gasteiger partial charge in [-0.15, -0.1) is 0 Å². The van der Waals surface area contributed by atoms with Crippen molar-refractivity contribution in [3.05, 3.63) is 90.8 Å². The molecule has 4 N–H and O–H groups in total. The number of aliphatic hydroxyl groups is 1. The summed E-state index contributed by atoms with van der Waals surface area (Å²) in [5, 5.41) is 15.6. The molecular formula is C30H28N4O2. The zero-order chi connectivity index (χ0) is 24.6. The molecule has 1 aliphatic carbocycles. The van der Waals surface area contributed by atoms with E-state index in [1.54, 1.807) is 6.07 Å². The highest BCUT2D eigenvalue weighted by atomic mass is 16.3. The molecule has 0 spiro atoms. The summed E-state index contributed by atoms with van der Waals surface area (Å²) >= 11 is 0. The highest BCUT2D eigenvalue weighted by Crippen LogP contribution is 2.33. The van der Waals surface area contributed by atoms with Crippen molar-refractivity contribution in [3.63, 3.8) is 0 Å². The number of fused-ring (bicyclic) bond motifs is 2. The second-order valence-corrected chi connectivity index (χ2v) is 9.58. The summed E-state index contributed by atoms with van der Waals surface area (Å²) in [7, 11) is 0. The third-order valence-electron chi connectivity index (χ3n) is 7.24. The molecule has 0 saturated heterocycles. The SMILES string of the molecule is NC(=O)c1ccc(-n2ccc3c(-c4cnc5ccccc5c4)cccc32)cc1NC1CCC(O)CC1. The number of aliphatic hydroxyl groups excluding tert-OH is 1. The first-order valence-corrected chi connectivity index (χ1v) is 12.4. The Labute approximate surface area is 209 Å². The largest absolute Gasteiger partial charge is 0.393 e. The monoisotopic (exact) mass is 476 g/mol. The van der Waals surface area contributed by atoms with Crippen LogP contribution in [0.4, 0.5) is 5.69 Å². The van der Waals surface area contributed by atoms with Crippen molar-refractivity contribution >= 4 is 33.4 Å². The van der Waals surface area contributed by atoms with Gasteiger partial charge in [0, 0.05) is 46.1 Å². The molecule has 2 heterocycles. The number of aromatic nitrogens is 2. The van der Waals surface area contributed by atoms with Gasteiger partial charge >= 0.3 is 0 Å². The molecule has 36 heavy (non-hydrogen) atoms. The van der Waals surface area contributed by atoms with Crippen LogP contribution in [-0.4, -0.2) is 32.7 Å². The number of anilines is 1. The molecule has 5 aromatic rings. The highest BCUT2D eigenvalue weighted by Gasteiger charge is 2.21. The van der Waals surface area contributed by atoms with Crippen molar-refractivity contribution < 1.29 is 9.90 Å². The first-order valence-electron chi connectivity index (χ1n) is 12.4. The molecule has 180 valence electrons. The molecule has 0 bridgehead atoms. The summed E-state index contributed by atoms with van der Waals surface area (Å²) in [4.78, 5) is 16.8. The first-order chi connectivity index (χ1) is 17.6. The van der Waals surface area contributed by atoms with Gasteiger partial charge < -0.3 is 20.7 Å². The number of para-hydroxylation sites is 1. The van der Waals surface area contributed by atoms with E-state index in [4.69, 9.17) is 5.73 Å². The van der Waals surface area contributed by atoms with Gasteiger partial charge in [-0.05, 0) is 73.7 Å². The molecule has 3 aromatic carbocycles. The number of pyridine rings is 1. The van der Waals surface area contributed by atoms with Gasteiger partial charge in [0.05, 0.1) is 22.7 Å². The molecular weight excluding hydrogens is 448 g/mol. The van der Waals surface area contributed by atoms with Crippen LogP contribution in [0.2, 0.25) is 0 Å². The van der Waals surface area contributed by atoms with Gasteiger partial charge in [0.15, 0.2) is 0 Å². The predicted molar refractivity (Wildman–Crippen MR) is 144 cm³/mol. The number of amides is 1. The molecule has 2 aromatic heterocycles. The van der Waals surface area contributed by atoms with Crippen LogP contribution in [0.1, 0.15) is 36.0 Å². The van der Waals surface area contributed by atoms with Gasteiger partial charge in [0.2, 0.25) is 0 Å². The Hall–Kier alpha value is -4.16. The number of hydrogen-bond donors (Lipinski definition) is 3. The van der Waals surface area contributed by atoms with E-state index >= 15 is 0 Å². The van der Waals surface area contributed by atoms with Gasteiger partial charge in [-0.1, -0.05) is 30.3 Å². The van der Waals surface area contributed by atoms with Crippen molar-refractivity contribution in [1.29, 1.82) is 0 Å². The van der Waals surface area contributed by atoms with Crippen molar-refractivity contribution in [2.75, 3.05) is 5.32 Å². The van der Waals surface area contributed by atoms with Crippen LogP contribution in [0.15, 0.2) is 85.2 Å². The number of carbonyl (C=O) groups excluding carboxylic acids is 1. The normalized spacial score (nSPS) is 17.9. The van der Waals surface area contributed by atoms with Crippen LogP contribution in [-0.2, 0) is 0 Å². The zero-order valence-corrected chi connectivity index (χ0v) is 19.9. The fourth-order valence-corrected chi connectivity index (χ4v) is 5.32. The fraction of sp³-hybridized carbons (Fsp3) is 0.200. The maximum atomic E-state index is 12.1. The lowest BCUT2D eigenvalue weighted by Crippen LogP contribution is -2.29. The minimum absolute atomic E-state index is 0.204. The van der Waals surface area contributed by atoms with Crippen LogP contribution in [0.5, 0.6) is 0 Å². The number of carbonyl (C=O) groups is 1. The second kappa shape index (κ2) is 9.13. The Bertz CT molecular complexity index is 1580. The average Bonchev–Trinajstić information content (AvgIpc) is 3.34. The van der Waals surface area contributed by atoms with E-state index in [9.17, 15) is 9.90 Å². The van der Waals surface area contributed by atoms with Gasteiger partial charge in [-0.2, -0.15) is 0 Å². The quantitative estimate of drug-likeness (QED) is 0.305. The summed E-state index contributed by atoms with van der Waals surface area (Å²) in [6.07, 6.45) is 7.00. The lowest BCUT2D eigenvalue weighted by atomic mass is 9.92. The smallest absolute Gasteiger partial charge is 0.250 e. The van der Waals surface area contributed by atoms with Crippen molar-refractivity contribution in [1.82, 2.24) is 9.55 Å². The Morgan fingerprint density at radius 3 is 2.64 bits per heavy atom. The number of primary amides is 1. The maximum absolute atomic E-state index is 12.1. The Kier molecular flexibility index (Phi) is 5.66. The van der Waals surface area contributed by atoms with E-state index in [0.29, 0.717) is 5.56 Å². The lowest BCUT2D eigenvalue weighted by molar-refractivity contribution is 0.100. The van der Waals surface area contributed by atoms with Crippen LogP contribution < -0.4 is 11.1 Å². The number of nitrogens with zero attached hydrogens (tertiary/aromatic N) is 2. The molecule has 1 amide bonds. The van der Waals surface area contributed by atoms with Crippen molar-refractivity contribution in [2.45, 2.75) is 37.8 Å². The van der Waals surface area contributed by atoms with Crippen LogP contribution in [0.3, 0.4) is 0 Å². The van der Waals surface area contributed by atoms with Gasteiger partial charge in [0.25, 0.3) is 5.91 Å². The number of nitrogens with one attached hydrogen (secondary N) is 1. The van der Waals surface area contributed by atoms with E-state index in [0.717, 1.165) is 70.0 Å². The average molecular weight is 477 g/mol. The predicted octanol–water partition coefficient (Wildman–Crippen LogP) is 5.66. The topological polar surface area (TPSA) is 93.2 Å². The van der Waals surface area contributed by atoms with E-state index in [1.165, 1.54) is 0 Å². The molecule has 1 fully saturated rings. The van der Waals surface area contributed by atoms with Gasteiger partial charge in [0.1, 0.15) is 0 Å². The molecule has 1 aliphatic rings. The van der Waals surface area contributed by atoms with E-state index in [2.05, 4.69) is 57.5 Å². The second-order valence-electron chi connectivity index (χ2n) is 9.58. The van der Waals surface area contributed by atoms with Crippen LogP contribution >= 0.6 is 0 Å². The van der Waals surface area contributed by atoms with Gasteiger partial charge in [-0.3, -0.25) is 9.78 Å². The zero-order valence-electron chi connectivity index (χ0n) is 19.9. The first kappa shape index (κ1) is 22.3. The summed E-state index contributed by atoms with van der Waals surface area (Å²) in [6, 6.07) is 24.6. The maximum Gasteiger partial charge on any atom is 0.250 e. The molecule has 0 radical (unpaired) electrons. The Balaban J connectivity index is 1.40. The van der Waals surface area contributed by atoms with Crippen molar-refractivity contribution in [2.24, 2.45) is 5.73 Å². The summed E-state index contributed by atoms with van der Waals surface area (Å²) in [6.45, 7) is 0. The molecule has 6 rings (SSSR count). The number of hydrogen-bond acceptors (Lipinski definition) is 4. The van der Waals surface area contributed by atoms with Crippen LogP contribution in [0.25, 0.3) is 38.6 Å². The third kappa shape index (κ3) is 4.10. The number of nitrogens with two attached hydrogens (primary N) is 1. The van der Waals surface area contributed by atoms with E-state index in [-0.39, 0.29) is 12.1 Å². The third-order valence-corrected chi connectivity index (χ3v) is 7.24. The standard InChI is InChI=1S/C30H28N4O2/c31-30(36)26-13-10-22(17-28(26)33-21-8-11-23(35)12-9-21)34-15-14-25-24(5-3-7-29(25)34)20-16-19-4-1-2-6-27(19)32-18-20/h1-7,10,13-18,21,23,33,35H,8-9,11-12H2,(H2,31,36). The molecule has 0 atom stereocenters. The fourth-order valence-electron chi connectivity index (χ4n) is 5.32. The molecule has 6 nitrogen and oxygen atoms in total. The highest BCUT2D eigenvalue weighted by molar-refractivity contribution is 6.00. The van der Waals surface area contributed by atoms with Crippen molar-refractivity contribution in [3.8, 4) is 16.8 Å². The molecule has 0 unspecified atom stereocenters. The molecule has 0 aliphatic heterocycles. The van der Waals surface area contributed by atoms with E-state index in [1.807, 2.05) is 36.5 Å². The molecule has 1 saturated carbocycles. The number of rotatable bonds is 5. The minimum atomic E-state index is -0.455. The van der Waals surface area contributed by atoms with E-state index < -0.39 is 5.91 Å². The molecule has 6 heteroatoms. The summed E-state index contributed by atoms with van der Waals surface area (Å²) in [5.41, 5.74) is 12.1. The lowest BCUT2D eigenvalue weighted by Gasteiger charge is -2.28. The summed E-state index contributed by atoms with van der Waals surface area (Å²) in [5.74, 6) is -0.455. The minimum Gasteiger partial charge on any atom is -0.393 e. The Morgan fingerprint density at radius 1 is 0.972 bits per heavy atom. The van der Waals surface area contributed by atoms with Gasteiger partial charge in [-0.25, -0.2) is 0 Å². The number of benzene rings is 3.